The van der Waals surface area contributed by atoms with Gasteiger partial charge in [-0.1, -0.05) is 76.6 Å². The average Bonchev–Trinajstić information content (AvgIpc) is 3.81. The van der Waals surface area contributed by atoms with Gasteiger partial charge in [0.1, 0.15) is 0 Å². The van der Waals surface area contributed by atoms with Crippen LogP contribution in [0.5, 0.6) is 0 Å². The number of hydrogen-bond acceptors (Lipinski definition) is 6. The Kier molecular flexibility index (Phi) is 10.5. The van der Waals surface area contributed by atoms with Crippen LogP contribution in [-0.2, 0) is 35.0 Å². The number of rotatable bonds is 5. The number of alkyl halides is 1. The molecule has 0 aliphatic carbocycles. The number of hydrogen-bond donors (Lipinski definition) is 0. The number of carbonyl (C=O) groups is 2. The van der Waals surface area contributed by atoms with Crippen LogP contribution in [0.4, 0.5) is 0 Å². The van der Waals surface area contributed by atoms with Crippen molar-refractivity contribution in [2.45, 2.75) is 34.9 Å². The third-order valence-corrected chi connectivity index (χ3v) is 12.2. The summed E-state index contributed by atoms with van der Waals surface area (Å²) >= 11 is 6.23. The zero-order chi connectivity index (χ0) is 33.8. The molecule has 1 saturated heterocycles. The van der Waals surface area contributed by atoms with Gasteiger partial charge in [0.2, 0.25) is 11.8 Å². The molecular weight excluding hydrogens is 770 g/mol. The highest BCUT2D eigenvalue weighted by Crippen LogP contribution is 2.26. The molecule has 0 saturated carbocycles. The number of amides is 2. The lowest BCUT2D eigenvalue weighted by Gasteiger charge is -2.08. The minimum atomic E-state index is -3.55. The van der Waals surface area contributed by atoms with Gasteiger partial charge in [-0.15, -0.1) is 0 Å². The van der Waals surface area contributed by atoms with Gasteiger partial charge in [-0.05, 0) is 66.6 Å². The van der Waals surface area contributed by atoms with Gasteiger partial charge in [0.15, 0.2) is 0 Å². The Hall–Kier alpha value is -4.04. The predicted octanol–water partition coefficient (Wildman–Crippen LogP) is 7.41. The molecule has 1 aliphatic heterocycles. The Labute approximate surface area is 290 Å². The van der Waals surface area contributed by atoms with Crippen LogP contribution in [0.3, 0.4) is 0 Å². The molecule has 1 fully saturated rings. The fourth-order valence-electron chi connectivity index (χ4n) is 5.00. The summed E-state index contributed by atoms with van der Waals surface area (Å²) < 4.78 is 54.1. The molecule has 0 N–H and O–H groups in total. The molecule has 3 heterocycles. The molecular formula is C34H29Br2N3O6S2. The van der Waals surface area contributed by atoms with Crippen molar-refractivity contribution >= 4 is 85.7 Å². The molecule has 0 unspecified atom stereocenters. The van der Waals surface area contributed by atoms with E-state index in [1.807, 2.05) is 55.5 Å². The zero-order valence-corrected chi connectivity index (χ0v) is 29.8. The summed E-state index contributed by atoms with van der Waals surface area (Å²) in [5.74, 6) is -0.287. The van der Waals surface area contributed by atoms with Crippen LogP contribution in [0.15, 0.2) is 131 Å². The number of benzene rings is 4. The number of halogens is 2. The molecule has 13 heteroatoms. The SMILES string of the molecule is Cc1cccc2c1ccn2S(=O)(=O)c1ccccc1.O=C1CCC(=O)N1Br.O=S(=O)(c1ccccc1)n1ccc2c(CBr)cccc21. The molecule has 1 aliphatic rings. The van der Waals surface area contributed by atoms with E-state index in [1.54, 1.807) is 73.1 Å². The van der Waals surface area contributed by atoms with Crippen LogP contribution in [-0.4, -0.2) is 40.5 Å². The van der Waals surface area contributed by atoms with Crippen LogP contribution in [0.25, 0.3) is 21.8 Å². The number of nitrogens with zero attached hydrogens (tertiary/aromatic N) is 3. The normalized spacial score (nSPS) is 13.3. The van der Waals surface area contributed by atoms with Gasteiger partial charge >= 0.3 is 0 Å². The molecule has 9 nitrogen and oxygen atoms in total. The van der Waals surface area contributed by atoms with E-state index in [1.165, 1.54) is 7.94 Å². The molecule has 47 heavy (non-hydrogen) atoms. The monoisotopic (exact) mass is 797 g/mol. The third-order valence-electron chi connectivity index (χ3n) is 7.44. The predicted molar refractivity (Wildman–Crippen MR) is 189 cm³/mol. The maximum absolute atomic E-state index is 12.7. The summed E-state index contributed by atoms with van der Waals surface area (Å²) in [7, 11) is -7.07. The number of fused-ring (bicyclic) bond motifs is 2. The molecule has 4 aromatic carbocycles. The Morgan fingerprint density at radius 1 is 0.596 bits per heavy atom. The van der Waals surface area contributed by atoms with Gasteiger partial charge < -0.3 is 0 Å². The molecule has 7 rings (SSSR count). The van der Waals surface area contributed by atoms with Crippen molar-refractivity contribution in [3.05, 3.63) is 133 Å². The van der Waals surface area contributed by atoms with Crippen LogP contribution < -0.4 is 0 Å². The average molecular weight is 800 g/mol. The minimum absolute atomic E-state index is 0.144. The van der Waals surface area contributed by atoms with Crippen LogP contribution >= 0.6 is 32.1 Å². The lowest BCUT2D eigenvalue weighted by Crippen LogP contribution is -2.16. The standard InChI is InChI=1S/C15H12BrNO2S.C15H13NO2S.C4H4BrNO2/c16-11-12-5-4-8-15-14(12)9-10-17(15)20(18,19)13-6-2-1-3-7-13;1-12-6-5-9-15-14(12)10-11-16(15)19(17,18)13-7-3-2-4-8-13;5-6-3(7)1-2-4(6)8/h1-10H,11H2;2-11H,1H3;1-2H2. The highest BCUT2D eigenvalue weighted by Gasteiger charge is 2.26. The molecule has 2 amide bonds. The maximum atomic E-state index is 12.7. The summed E-state index contributed by atoms with van der Waals surface area (Å²) in [6.45, 7) is 1.97. The number of imide groups is 1. The van der Waals surface area contributed by atoms with Crippen molar-refractivity contribution in [3.63, 3.8) is 0 Å². The summed E-state index contributed by atoms with van der Waals surface area (Å²) in [5.41, 5.74) is 3.55. The minimum Gasteiger partial charge on any atom is -0.274 e. The Morgan fingerprint density at radius 2 is 1.04 bits per heavy atom. The summed E-state index contributed by atoms with van der Waals surface area (Å²) in [4.78, 5) is 21.5. The van der Waals surface area contributed by atoms with E-state index in [2.05, 4.69) is 32.1 Å². The number of aryl methyl sites for hydroxylation is 1. The first-order valence-corrected chi connectivity index (χ1v) is 19.0. The van der Waals surface area contributed by atoms with Gasteiger partial charge in [0, 0.05) is 41.3 Å². The largest absolute Gasteiger partial charge is 0.274 e. The molecule has 0 atom stereocenters. The highest BCUT2D eigenvalue weighted by molar-refractivity contribution is 9.08. The first-order chi connectivity index (χ1) is 22.5. The van der Waals surface area contributed by atoms with Crippen molar-refractivity contribution in [1.82, 2.24) is 11.9 Å². The van der Waals surface area contributed by atoms with E-state index < -0.39 is 20.0 Å². The van der Waals surface area contributed by atoms with Gasteiger partial charge in [0.05, 0.1) is 37.0 Å². The molecule has 0 spiro atoms. The number of carbonyl (C=O) groups excluding carboxylic acids is 2. The highest BCUT2D eigenvalue weighted by atomic mass is 79.9. The van der Waals surface area contributed by atoms with Gasteiger partial charge in [-0.2, -0.15) is 0 Å². The first-order valence-electron chi connectivity index (χ1n) is 14.3. The van der Waals surface area contributed by atoms with E-state index in [9.17, 15) is 26.4 Å². The van der Waals surface area contributed by atoms with Crippen LogP contribution in [0.1, 0.15) is 24.0 Å². The molecule has 0 bridgehead atoms. The lowest BCUT2D eigenvalue weighted by molar-refractivity contribution is -0.131. The van der Waals surface area contributed by atoms with Crippen molar-refractivity contribution < 1.29 is 26.4 Å². The summed E-state index contributed by atoms with van der Waals surface area (Å²) in [5, 5.41) is 2.60. The fraction of sp³-hybridized carbons (Fsp3) is 0.118. The van der Waals surface area contributed by atoms with Gasteiger partial charge in [-0.3, -0.25) is 9.59 Å². The second kappa shape index (κ2) is 14.4. The fourth-order valence-corrected chi connectivity index (χ4v) is 8.58. The summed E-state index contributed by atoms with van der Waals surface area (Å²) in [6, 6.07) is 32.0. The quantitative estimate of drug-likeness (QED) is 0.102. The van der Waals surface area contributed by atoms with Crippen LogP contribution in [0, 0.1) is 6.92 Å². The van der Waals surface area contributed by atoms with Crippen molar-refractivity contribution in [2.75, 3.05) is 0 Å². The Morgan fingerprint density at radius 3 is 1.49 bits per heavy atom. The number of aromatic nitrogens is 2. The Bertz CT molecular complexity index is 2270. The summed E-state index contributed by atoms with van der Waals surface area (Å²) in [6.07, 6.45) is 3.92. The molecule has 0 radical (unpaired) electrons. The van der Waals surface area contributed by atoms with Crippen molar-refractivity contribution in [2.24, 2.45) is 0 Å². The Balaban J connectivity index is 0.000000150. The second-order valence-corrected chi connectivity index (χ2v) is 15.3. The molecule has 2 aromatic heterocycles. The van der Waals surface area contributed by atoms with E-state index in [0.717, 1.165) is 25.8 Å². The smallest absolute Gasteiger partial charge is 0.268 e. The maximum Gasteiger partial charge on any atom is 0.268 e. The zero-order valence-electron chi connectivity index (χ0n) is 25.0. The van der Waals surface area contributed by atoms with Crippen LogP contribution in [0.2, 0.25) is 0 Å². The first kappa shape index (κ1) is 34.3. The van der Waals surface area contributed by atoms with Crippen molar-refractivity contribution in [3.8, 4) is 0 Å². The second-order valence-electron chi connectivity index (χ2n) is 10.4. The lowest BCUT2D eigenvalue weighted by atomic mass is 10.1. The van der Waals surface area contributed by atoms with Gasteiger partial charge in [0.25, 0.3) is 20.0 Å². The molecule has 6 aromatic rings. The van der Waals surface area contributed by atoms with E-state index in [0.29, 0.717) is 39.0 Å². The van der Waals surface area contributed by atoms with E-state index >= 15 is 0 Å². The van der Waals surface area contributed by atoms with Crippen molar-refractivity contribution in [1.29, 1.82) is 0 Å². The van der Waals surface area contributed by atoms with E-state index in [-0.39, 0.29) is 11.8 Å². The topological polar surface area (TPSA) is 116 Å². The third kappa shape index (κ3) is 7.13. The van der Waals surface area contributed by atoms with Gasteiger partial charge in [-0.25, -0.2) is 28.7 Å². The molecule has 242 valence electrons. The van der Waals surface area contributed by atoms with E-state index in [4.69, 9.17) is 0 Å².